The minimum Gasteiger partial charge on any atom is -0.377 e. The lowest BCUT2D eigenvalue weighted by atomic mass is 9.77. The molecule has 2 heterocycles. The number of methoxy groups -OCH3 is 1. The van der Waals surface area contributed by atoms with Gasteiger partial charge in [0, 0.05) is 19.6 Å². The van der Waals surface area contributed by atoms with E-state index in [1.54, 1.807) is 7.11 Å². The lowest BCUT2D eigenvalue weighted by molar-refractivity contribution is 0.177. The van der Waals surface area contributed by atoms with Gasteiger partial charge in [0.25, 0.3) is 0 Å². The van der Waals surface area contributed by atoms with Crippen molar-refractivity contribution in [3.05, 3.63) is 11.6 Å². The normalized spacial score (nSPS) is 28.5. The van der Waals surface area contributed by atoms with Crippen molar-refractivity contribution in [2.45, 2.75) is 71.1 Å². The zero-order valence-corrected chi connectivity index (χ0v) is 14.1. The lowest BCUT2D eigenvalue weighted by Crippen LogP contribution is -2.41. The van der Waals surface area contributed by atoms with E-state index >= 15 is 0 Å². The van der Waals surface area contributed by atoms with Crippen molar-refractivity contribution in [2.24, 2.45) is 11.8 Å². The molecule has 3 atom stereocenters. The van der Waals surface area contributed by atoms with Gasteiger partial charge in [-0.25, -0.2) is 9.67 Å². The summed E-state index contributed by atoms with van der Waals surface area (Å²) >= 11 is 0. The highest BCUT2D eigenvalue weighted by Gasteiger charge is 2.26. The lowest BCUT2D eigenvalue weighted by Gasteiger charge is -2.33. The molecule has 5 heteroatoms. The summed E-state index contributed by atoms with van der Waals surface area (Å²) in [5, 5.41) is 8.38. The fourth-order valence-corrected chi connectivity index (χ4v) is 4.13. The molecule has 0 bridgehead atoms. The highest BCUT2D eigenvalue weighted by atomic mass is 16.5. The number of aryl methyl sites for hydroxylation is 1. The van der Waals surface area contributed by atoms with Crippen molar-refractivity contribution in [2.75, 3.05) is 13.7 Å². The number of ether oxygens (including phenoxy) is 1. The molecule has 0 amide bonds. The second-order valence-corrected chi connectivity index (χ2v) is 6.92. The Morgan fingerprint density at radius 2 is 2.05 bits per heavy atom. The molecular weight excluding hydrogens is 276 g/mol. The van der Waals surface area contributed by atoms with E-state index in [1.165, 1.54) is 45.1 Å². The summed E-state index contributed by atoms with van der Waals surface area (Å²) in [5.74, 6) is 3.74. The number of hydrogen-bond donors (Lipinski definition) is 1. The number of aromatic nitrogens is 3. The van der Waals surface area contributed by atoms with Crippen LogP contribution < -0.4 is 5.32 Å². The fourth-order valence-electron chi connectivity index (χ4n) is 4.13. The minimum absolute atomic E-state index is 0.512. The van der Waals surface area contributed by atoms with Gasteiger partial charge in [0.2, 0.25) is 0 Å². The third kappa shape index (κ3) is 3.69. The SMILES string of the molecule is CCC1CCCCC1CNC1CCc2nc(COC)nn2C1. The van der Waals surface area contributed by atoms with E-state index in [1.807, 2.05) is 0 Å². The van der Waals surface area contributed by atoms with E-state index in [0.29, 0.717) is 12.6 Å². The summed E-state index contributed by atoms with van der Waals surface area (Å²) in [6, 6.07) is 0.545. The first-order valence-electron chi connectivity index (χ1n) is 8.95. The molecule has 5 nitrogen and oxygen atoms in total. The van der Waals surface area contributed by atoms with Gasteiger partial charge in [0.1, 0.15) is 12.4 Å². The van der Waals surface area contributed by atoms with Crippen molar-refractivity contribution in [3.8, 4) is 0 Å². The second kappa shape index (κ2) is 7.55. The maximum Gasteiger partial charge on any atom is 0.176 e. The first kappa shape index (κ1) is 15.9. The highest BCUT2D eigenvalue weighted by Crippen LogP contribution is 2.31. The third-order valence-electron chi connectivity index (χ3n) is 5.43. The van der Waals surface area contributed by atoms with Crippen LogP contribution in [0.5, 0.6) is 0 Å². The summed E-state index contributed by atoms with van der Waals surface area (Å²) < 4.78 is 7.21. The zero-order chi connectivity index (χ0) is 15.4. The predicted molar refractivity (Wildman–Crippen MR) is 86.6 cm³/mol. The standard InChI is InChI=1S/C17H30N4O/c1-3-13-6-4-5-7-14(13)10-18-15-8-9-17-19-16(12-22-2)20-21(17)11-15/h13-15,18H,3-12H2,1-2H3. The Hall–Kier alpha value is -0.940. The van der Waals surface area contributed by atoms with E-state index in [0.717, 1.165) is 36.5 Å². The van der Waals surface area contributed by atoms with E-state index in [4.69, 9.17) is 4.74 Å². The Balaban J connectivity index is 1.51. The molecule has 124 valence electrons. The average Bonchev–Trinajstić information content (AvgIpc) is 2.95. The van der Waals surface area contributed by atoms with E-state index in [2.05, 4.69) is 27.0 Å². The molecular formula is C17H30N4O. The van der Waals surface area contributed by atoms with Crippen LogP contribution in [-0.4, -0.2) is 34.5 Å². The summed E-state index contributed by atoms with van der Waals surface area (Å²) in [5.41, 5.74) is 0. The average molecular weight is 306 g/mol. The van der Waals surface area contributed by atoms with Gasteiger partial charge in [0.15, 0.2) is 5.82 Å². The summed E-state index contributed by atoms with van der Waals surface area (Å²) in [6.07, 6.45) is 9.23. The molecule has 2 aliphatic rings. The van der Waals surface area contributed by atoms with Crippen molar-refractivity contribution in [1.29, 1.82) is 0 Å². The molecule has 1 N–H and O–H groups in total. The van der Waals surface area contributed by atoms with Crippen LogP contribution in [0, 0.1) is 11.8 Å². The second-order valence-electron chi connectivity index (χ2n) is 6.92. The van der Waals surface area contributed by atoms with Crippen LogP contribution in [0.1, 0.15) is 57.1 Å². The number of hydrogen-bond acceptors (Lipinski definition) is 4. The first-order valence-corrected chi connectivity index (χ1v) is 8.95. The van der Waals surface area contributed by atoms with E-state index in [-0.39, 0.29) is 0 Å². The Morgan fingerprint density at radius 1 is 1.23 bits per heavy atom. The van der Waals surface area contributed by atoms with Gasteiger partial charge < -0.3 is 10.1 Å². The van der Waals surface area contributed by atoms with Gasteiger partial charge in [0.05, 0.1) is 6.54 Å². The number of fused-ring (bicyclic) bond motifs is 1. The Morgan fingerprint density at radius 3 is 2.82 bits per heavy atom. The summed E-state index contributed by atoms with van der Waals surface area (Å²) in [6.45, 7) is 4.99. The van der Waals surface area contributed by atoms with Crippen molar-refractivity contribution >= 4 is 0 Å². The van der Waals surface area contributed by atoms with Crippen molar-refractivity contribution < 1.29 is 4.74 Å². The van der Waals surface area contributed by atoms with Crippen LogP contribution in [0.3, 0.4) is 0 Å². The van der Waals surface area contributed by atoms with Crippen molar-refractivity contribution in [3.63, 3.8) is 0 Å². The van der Waals surface area contributed by atoms with E-state index < -0.39 is 0 Å². The summed E-state index contributed by atoms with van der Waals surface area (Å²) in [4.78, 5) is 4.55. The molecule has 1 aromatic heterocycles. The van der Waals surface area contributed by atoms with Gasteiger partial charge >= 0.3 is 0 Å². The first-order chi connectivity index (χ1) is 10.8. The molecule has 1 fully saturated rings. The van der Waals surface area contributed by atoms with Crippen LogP contribution in [0.2, 0.25) is 0 Å². The maximum absolute atomic E-state index is 5.13. The highest BCUT2D eigenvalue weighted by molar-refractivity contribution is 4.97. The molecule has 0 radical (unpaired) electrons. The molecule has 0 saturated heterocycles. The minimum atomic E-state index is 0.512. The molecule has 1 aromatic rings. The molecule has 3 rings (SSSR count). The number of rotatable bonds is 6. The van der Waals surface area contributed by atoms with Gasteiger partial charge in [-0.15, -0.1) is 0 Å². The zero-order valence-electron chi connectivity index (χ0n) is 14.1. The molecule has 1 aliphatic heterocycles. The van der Waals surface area contributed by atoms with Crippen LogP contribution in [0.15, 0.2) is 0 Å². The molecule has 22 heavy (non-hydrogen) atoms. The molecule has 3 unspecified atom stereocenters. The topological polar surface area (TPSA) is 52.0 Å². The van der Waals surface area contributed by atoms with Crippen LogP contribution >= 0.6 is 0 Å². The van der Waals surface area contributed by atoms with Gasteiger partial charge in [-0.1, -0.05) is 32.6 Å². The van der Waals surface area contributed by atoms with Gasteiger partial charge in [-0.05, 0) is 31.2 Å². The van der Waals surface area contributed by atoms with Crippen molar-refractivity contribution in [1.82, 2.24) is 20.1 Å². The van der Waals surface area contributed by atoms with Gasteiger partial charge in [-0.2, -0.15) is 5.10 Å². The quantitative estimate of drug-likeness (QED) is 0.877. The summed E-state index contributed by atoms with van der Waals surface area (Å²) in [7, 11) is 1.69. The monoisotopic (exact) mass is 306 g/mol. The molecule has 1 aliphatic carbocycles. The van der Waals surface area contributed by atoms with Crippen LogP contribution in [0.4, 0.5) is 0 Å². The predicted octanol–water partition coefficient (Wildman–Crippen LogP) is 2.55. The third-order valence-corrected chi connectivity index (χ3v) is 5.43. The van der Waals surface area contributed by atoms with E-state index in [9.17, 15) is 0 Å². The molecule has 1 saturated carbocycles. The number of nitrogens with one attached hydrogen (secondary N) is 1. The maximum atomic E-state index is 5.13. The van der Waals surface area contributed by atoms with Gasteiger partial charge in [-0.3, -0.25) is 0 Å². The Kier molecular flexibility index (Phi) is 5.47. The smallest absolute Gasteiger partial charge is 0.176 e. The Labute approximate surface area is 133 Å². The fraction of sp³-hybridized carbons (Fsp3) is 0.882. The van der Waals surface area contributed by atoms with Crippen LogP contribution in [-0.2, 0) is 24.3 Å². The molecule has 0 aromatic carbocycles. The largest absolute Gasteiger partial charge is 0.377 e. The number of nitrogens with zero attached hydrogens (tertiary/aromatic N) is 3. The molecule has 0 spiro atoms. The Bertz CT molecular complexity index is 473. The van der Waals surface area contributed by atoms with Crippen LogP contribution in [0.25, 0.3) is 0 Å².